The second-order valence-corrected chi connectivity index (χ2v) is 6.14. The summed E-state index contributed by atoms with van der Waals surface area (Å²) >= 11 is 0. The fourth-order valence-corrected chi connectivity index (χ4v) is 3.08. The van der Waals surface area contributed by atoms with Gasteiger partial charge in [0.25, 0.3) is 0 Å². The van der Waals surface area contributed by atoms with Gasteiger partial charge in [-0.1, -0.05) is 6.07 Å². The van der Waals surface area contributed by atoms with E-state index in [2.05, 4.69) is 10.3 Å². The number of likely N-dealkylation sites (tertiary alicyclic amines) is 1. The van der Waals surface area contributed by atoms with Crippen LogP contribution in [0.4, 0.5) is 9.18 Å². The molecule has 3 N–H and O–H groups in total. The number of benzene rings is 1. The Morgan fingerprint density at radius 2 is 2.04 bits per heavy atom. The van der Waals surface area contributed by atoms with Gasteiger partial charge in [-0.15, -0.1) is 0 Å². The SMILES string of the molecule is O=C(NCc1cccnc1)N1CCC(c2cc(F)c(O)cc2O)CC1. The highest BCUT2D eigenvalue weighted by molar-refractivity contribution is 5.74. The van der Waals surface area contributed by atoms with Crippen molar-refractivity contribution in [2.75, 3.05) is 13.1 Å². The van der Waals surface area contributed by atoms with Crippen LogP contribution in [0, 0.1) is 5.82 Å². The van der Waals surface area contributed by atoms with E-state index in [4.69, 9.17) is 0 Å². The van der Waals surface area contributed by atoms with Gasteiger partial charge < -0.3 is 20.4 Å². The lowest BCUT2D eigenvalue weighted by molar-refractivity contribution is 0.180. The van der Waals surface area contributed by atoms with Gasteiger partial charge in [-0.2, -0.15) is 0 Å². The van der Waals surface area contributed by atoms with E-state index in [9.17, 15) is 19.4 Å². The summed E-state index contributed by atoms with van der Waals surface area (Å²) in [7, 11) is 0. The molecule has 7 heteroatoms. The number of urea groups is 1. The number of piperidine rings is 1. The van der Waals surface area contributed by atoms with E-state index in [0.29, 0.717) is 38.0 Å². The largest absolute Gasteiger partial charge is 0.508 e. The van der Waals surface area contributed by atoms with Crippen molar-refractivity contribution in [2.24, 2.45) is 0 Å². The molecule has 1 aliphatic rings. The number of hydrogen-bond donors (Lipinski definition) is 3. The molecule has 0 aliphatic carbocycles. The Labute approximate surface area is 144 Å². The Kier molecular flexibility index (Phi) is 5.02. The van der Waals surface area contributed by atoms with Crippen LogP contribution in [-0.4, -0.2) is 39.2 Å². The standard InChI is InChI=1S/C18H20FN3O3/c19-15-8-14(16(23)9-17(15)24)13-3-6-22(7-4-13)18(25)21-11-12-2-1-5-20-10-12/h1-2,5,8-10,13,23-24H,3-4,6-7,11H2,(H,21,25). The monoisotopic (exact) mass is 345 g/mol. The van der Waals surface area contributed by atoms with Gasteiger partial charge in [0.1, 0.15) is 5.75 Å². The molecule has 0 spiro atoms. The van der Waals surface area contributed by atoms with Crippen LogP contribution >= 0.6 is 0 Å². The van der Waals surface area contributed by atoms with Crippen molar-refractivity contribution in [1.82, 2.24) is 15.2 Å². The fraction of sp³-hybridized carbons (Fsp3) is 0.333. The molecule has 1 aromatic heterocycles. The van der Waals surface area contributed by atoms with Gasteiger partial charge in [0, 0.05) is 43.7 Å². The zero-order chi connectivity index (χ0) is 17.8. The van der Waals surface area contributed by atoms with Crippen LogP contribution in [0.25, 0.3) is 0 Å². The van der Waals surface area contributed by atoms with E-state index in [0.717, 1.165) is 11.6 Å². The Balaban J connectivity index is 1.55. The van der Waals surface area contributed by atoms with Crippen molar-refractivity contribution >= 4 is 6.03 Å². The van der Waals surface area contributed by atoms with Crippen molar-refractivity contribution in [3.05, 3.63) is 53.6 Å². The van der Waals surface area contributed by atoms with Gasteiger partial charge in [0.15, 0.2) is 11.6 Å². The second kappa shape index (κ2) is 7.38. The molecule has 0 saturated carbocycles. The third kappa shape index (κ3) is 3.99. The van der Waals surface area contributed by atoms with Crippen molar-refractivity contribution < 1.29 is 19.4 Å². The minimum atomic E-state index is -0.746. The van der Waals surface area contributed by atoms with E-state index in [1.54, 1.807) is 17.3 Å². The molecule has 1 saturated heterocycles. The van der Waals surface area contributed by atoms with Crippen LogP contribution in [0.2, 0.25) is 0 Å². The average molecular weight is 345 g/mol. The maximum atomic E-state index is 13.5. The van der Waals surface area contributed by atoms with Crippen LogP contribution in [0.1, 0.15) is 29.9 Å². The third-order valence-electron chi connectivity index (χ3n) is 4.48. The number of nitrogens with zero attached hydrogens (tertiary/aromatic N) is 2. The predicted molar refractivity (Wildman–Crippen MR) is 89.8 cm³/mol. The van der Waals surface area contributed by atoms with E-state index >= 15 is 0 Å². The number of rotatable bonds is 3. The number of aromatic hydroxyl groups is 2. The van der Waals surface area contributed by atoms with Gasteiger partial charge in [-0.3, -0.25) is 4.98 Å². The van der Waals surface area contributed by atoms with Crippen molar-refractivity contribution in [3.63, 3.8) is 0 Å². The number of halogens is 1. The third-order valence-corrected chi connectivity index (χ3v) is 4.48. The Morgan fingerprint density at radius 3 is 2.72 bits per heavy atom. The molecule has 2 amide bonds. The summed E-state index contributed by atoms with van der Waals surface area (Å²) in [6.07, 6.45) is 4.63. The van der Waals surface area contributed by atoms with Gasteiger partial charge >= 0.3 is 6.03 Å². The molecule has 0 bridgehead atoms. The van der Waals surface area contributed by atoms with Crippen molar-refractivity contribution in [2.45, 2.75) is 25.3 Å². The highest BCUT2D eigenvalue weighted by atomic mass is 19.1. The number of pyridine rings is 1. The highest BCUT2D eigenvalue weighted by Gasteiger charge is 2.26. The molecule has 1 aromatic carbocycles. The average Bonchev–Trinajstić information content (AvgIpc) is 2.64. The summed E-state index contributed by atoms with van der Waals surface area (Å²) in [5.41, 5.74) is 1.40. The lowest BCUT2D eigenvalue weighted by atomic mass is 9.88. The molecule has 1 aliphatic heterocycles. The quantitative estimate of drug-likeness (QED) is 0.798. The first-order chi connectivity index (χ1) is 12.0. The van der Waals surface area contributed by atoms with E-state index in [-0.39, 0.29) is 17.7 Å². The van der Waals surface area contributed by atoms with Gasteiger partial charge in [0.2, 0.25) is 0 Å². The van der Waals surface area contributed by atoms with Crippen LogP contribution in [0.15, 0.2) is 36.7 Å². The number of nitrogens with one attached hydrogen (secondary N) is 1. The van der Waals surface area contributed by atoms with E-state index in [1.807, 2.05) is 12.1 Å². The van der Waals surface area contributed by atoms with E-state index < -0.39 is 11.6 Å². The number of hydrogen-bond acceptors (Lipinski definition) is 4. The number of phenolic OH excluding ortho intramolecular Hbond substituents is 2. The maximum Gasteiger partial charge on any atom is 0.317 e. The number of phenols is 2. The minimum absolute atomic E-state index is 0.0440. The Hall–Kier alpha value is -2.83. The number of carbonyl (C=O) groups is 1. The van der Waals surface area contributed by atoms with E-state index in [1.165, 1.54) is 6.07 Å². The summed E-state index contributed by atoms with van der Waals surface area (Å²) in [6.45, 7) is 1.45. The minimum Gasteiger partial charge on any atom is -0.508 e. The smallest absolute Gasteiger partial charge is 0.317 e. The zero-order valence-corrected chi connectivity index (χ0v) is 13.7. The molecular formula is C18H20FN3O3. The van der Waals surface area contributed by atoms with Crippen LogP contribution in [0.3, 0.4) is 0 Å². The molecule has 0 unspecified atom stereocenters. The number of amides is 2. The summed E-state index contributed by atoms with van der Waals surface area (Å²) in [6, 6.07) is 5.76. The number of carbonyl (C=O) groups excluding carboxylic acids is 1. The predicted octanol–water partition coefficient (Wildman–Crippen LogP) is 2.72. The molecule has 1 fully saturated rings. The first-order valence-corrected chi connectivity index (χ1v) is 8.17. The number of aromatic nitrogens is 1. The lowest BCUT2D eigenvalue weighted by Gasteiger charge is -2.32. The summed E-state index contributed by atoms with van der Waals surface area (Å²) in [5.74, 6) is -1.46. The Bertz CT molecular complexity index is 747. The molecule has 2 heterocycles. The highest BCUT2D eigenvalue weighted by Crippen LogP contribution is 2.36. The molecule has 2 aromatic rings. The fourth-order valence-electron chi connectivity index (χ4n) is 3.08. The summed E-state index contributed by atoms with van der Waals surface area (Å²) in [4.78, 5) is 17.9. The van der Waals surface area contributed by atoms with Crippen LogP contribution in [0.5, 0.6) is 11.5 Å². The second-order valence-electron chi connectivity index (χ2n) is 6.14. The zero-order valence-electron chi connectivity index (χ0n) is 13.7. The summed E-state index contributed by atoms with van der Waals surface area (Å²) < 4.78 is 13.5. The van der Waals surface area contributed by atoms with Crippen LogP contribution in [-0.2, 0) is 6.54 Å². The first-order valence-electron chi connectivity index (χ1n) is 8.17. The molecule has 3 rings (SSSR count). The van der Waals surface area contributed by atoms with Gasteiger partial charge in [0.05, 0.1) is 0 Å². The topological polar surface area (TPSA) is 85.7 Å². The molecule has 6 nitrogen and oxygen atoms in total. The maximum absolute atomic E-state index is 13.5. The molecule has 25 heavy (non-hydrogen) atoms. The summed E-state index contributed by atoms with van der Waals surface area (Å²) in [5, 5.41) is 22.1. The molecule has 132 valence electrons. The Morgan fingerprint density at radius 1 is 1.28 bits per heavy atom. The molecule has 0 radical (unpaired) electrons. The van der Waals surface area contributed by atoms with Crippen molar-refractivity contribution in [1.29, 1.82) is 0 Å². The lowest BCUT2D eigenvalue weighted by Crippen LogP contribution is -2.43. The van der Waals surface area contributed by atoms with Crippen molar-refractivity contribution in [3.8, 4) is 11.5 Å². The first kappa shape index (κ1) is 17.0. The molecule has 0 atom stereocenters. The van der Waals surface area contributed by atoms with Crippen LogP contribution < -0.4 is 5.32 Å². The molecular weight excluding hydrogens is 325 g/mol. The normalized spacial score (nSPS) is 15.2. The van der Waals surface area contributed by atoms with Gasteiger partial charge in [-0.05, 0) is 36.5 Å². The van der Waals surface area contributed by atoms with Gasteiger partial charge in [-0.25, -0.2) is 9.18 Å².